The predicted octanol–water partition coefficient (Wildman–Crippen LogP) is 3.21. The second kappa shape index (κ2) is 9.82. The number of nitrogens with zero attached hydrogens (tertiary/aromatic N) is 1. The van der Waals surface area contributed by atoms with E-state index in [4.69, 9.17) is 4.74 Å². The first-order valence-corrected chi connectivity index (χ1v) is 10.1. The normalized spacial score (nSPS) is 17.1. The minimum atomic E-state index is -0.149. The van der Waals surface area contributed by atoms with E-state index in [2.05, 4.69) is 31.5 Å². The lowest BCUT2D eigenvalue weighted by molar-refractivity contribution is -0.119. The average molecular weight is 446 g/mol. The molecule has 2 amide bonds. The van der Waals surface area contributed by atoms with Gasteiger partial charge in [0.2, 0.25) is 5.91 Å². The molecule has 1 atom stereocenters. The Hall–Kier alpha value is -2.22. The Morgan fingerprint density at radius 2 is 2.00 bits per heavy atom. The van der Waals surface area contributed by atoms with Crippen LogP contribution in [-0.4, -0.2) is 49.5 Å². The highest BCUT2D eigenvalue weighted by Gasteiger charge is 2.23. The van der Waals surface area contributed by atoms with Crippen LogP contribution >= 0.6 is 15.9 Å². The molecular weight excluding hydrogens is 422 g/mol. The second-order valence-electron chi connectivity index (χ2n) is 6.63. The monoisotopic (exact) mass is 445 g/mol. The van der Waals surface area contributed by atoms with E-state index in [9.17, 15) is 9.59 Å². The van der Waals surface area contributed by atoms with E-state index in [0.717, 1.165) is 10.0 Å². The summed E-state index contributed by atoms with van der Waals surface area (Å²) in [7, 11) is 0. The zero-order valence-corrected chi connectivity index (χ0v) is 17.4. The summed E-state index contributed by atoms with van der Waals surface area (Å²) in [5.74, 6) is -0.256. The molecule has 1 saturated heterocycles. The molecule has 1 aliphatic rings. The molecule has 1 fully saturated rings. The summed E-state index contributed by atoms with van der Waals surface area (Å²) < 4.78 is 6.89. The van der Waals surface area contributed by atoms with Crippen LogP contribution in [0.5, 0.6) is 0 Å². The van der Waals surface area contributed by atoms with Crippen LogP contribution in [0.1, 0.15) is 28.9 Å². The van der Waals surface area contributed by atoms with E-state index < -0.39 is 0 Å². The first-order valence-electron chi connectivity index (χ1n) is 9.32. The van der Waals surface area contributed by atoms with Gasteiger partial charge in [-0.05, 0) is 42.8 Å². The van der Waals surface area contributed by atoms with E-state index in [0.29, 0.717) is 37.5 Å². The van der Waals surface area contributed by atoms with Crippen LogP contribution in [-0.2, 0) is 9.53 Å². The van der Waals surface area contributed by atoms with Crippen molar-refractivity contribution in [2.24, 2.45) is 0 Å². The Balaban J connectivity index is 1.56. The van der Waals surface area contributed by atoms with Crippen molar-refractivity contribution in [1.29, 1.82) is 0 Å². The fourth-order valence-corrected chi connectivity index (χ4v) is 3.39. The molecule has 1 unspecified atom stereocenters. The quantitative estimate of drug-likeness (QED) is 0.715. The van der Waals surface area contributed by atoms with E-state index in [-0.39, 0.29) is 24.5 Å². The summed E-state index contributed by atoms with van der Waals surface area (Å²) in [5, 5.41) is 5.64. The minimum absolute atomic E-state index is 0.0456. The lowest BCUT2D eigenvalue weighted by Gasteiger charge is -2.32. The van der Waals surface area contributed by atoms with Gasteiger partial charge in [0.05, 0.1) is 19.3 Å². The van der Waals surface area contributed by atoms with Gasteiger partial charge in [0.15, 0.2) is 0 Å². The Labute approximate surface area is 173 Å². The third kappa shape index (κ3) is 5.64. The van der Waals surface area contributed by atoms with Crippen molar-refractivity contribution in [1.82, 2.24) is 10.2 Å². The van der Waals surface area contributed by atoms with Gasteiger partial charge in [-0.3, -0.25) is 14.5 Å². The molecule has 1 aliphatic heterocycles. The number of rotatable bonds is 6. The number of benzene rings is 2. The molecule has 6 nitrogen and oxygen atoms in total. The molecule has 0 aromatic heterocycles. The van der Waals surface area contributed by atoms with Crippen LogP contribution in [0.25, 0.3) is 0 Å². The number of hydrogen-bond donors (Lipinski definition) is 2. The number of amides is 2. The zero-order valence-electron chi connectivity index (χ0n) is 15.8. The lowest BCUT2D eigenvalue weighted by Crippen LogP contribution is -2.42. The van der Waals surface area contributed by atoms with Gasteiger partial charge in [0, 0.05) is 35.4 Å². The summed E-state index contributed by atoms with van der Waals surface area (Å²) in [4.78, 5) is 26.5. The smallest absolute Gasteiger partial charge is 0.251 e. The van der Waals surface area contributed by atoms with E-state index in [1.165, 1.54) is 0 Å². The Morgan fingerprint density at radius 1 is 1.21 bits per heavy atom. The van der Waals surface area contributed by atoms with Gasteiger partial charge in [0.1, 0.15) is 0 Å². The molecule has 0 spiro atoms. The maximum atomic E-state index is 12.5. The molecular formula is C21H24BrN3O3. The van der Waals surface area contributed by atoms with Crippen molar-refractivity contribution in [3.63, 3.8) is 0 Å². The van der Waals surface area contributed by atoms with Crippen LogP contribution in [0.15, 0.2) is 53.0 Å². The van der Waals surface area contributed by atoms with Crippen LogP contribution in [0.4, 0.5) is 5.69 Å². The molecule has 3 rings (SSSR count). The maximum absolute atomic E-state index is 12.5. The number of ether oxygens (including phenoxy) is 1. The molecule has 2 aromatic carbocycles. The van der Waals surface area contributed by atoms with Crippen LogP contribution < -0.4 is 10.6 Å². The Morgan fingerprint density at radius 3 is 2.75 bits per heavy atom. The number of nitrogens with one attached hydrogen (secondary N) is 2. The van der Waals surface area contributed by atoms with Crippen molar-refractivity contribution < 1.29 is 14.3 Å². The standard InChI is InChI=1S/C21H24BrN3O3/c1-2-23-21(27)16-4-3-5-18(12-16)24-20(26)14-25-10-11-28-19(13-25)15-6-8-17(22)9-7-15/h3-9,12,19H,2,10-11,13-14H2,1H3,(H,23,27)(H,24,26). The molecule has 0 saturated carbocycles. The average Bonchev–Trinajstić information content (AvgIpc) is 2.69. The van der Waals surface area contributed by atoms with Gasteiger partial charge in [-0.15, -0.1) is 0 Å². The van der Waals surface area contributed by atoms with Gasteiger partial charge in [-0.2, -0.15) is 0 Å². The first-order chi connectivity index (χ1) is 13.5. The molecule has 0 radical (unpaired) electrons. The molecule has 28 heavy (non-hydrogen) atoms. The van der Waals surface area contributed by atoms with Crippen molar-refractivity contribution in [3.05, 3.63) is 64.1 Å². The van der Waals surface area contributed by atoms with E-state index in [1.54, 1.807) is 24.3 Å². The number of carbonyl (C=O) groups is 2. The highest BCUT2D eigenvalue weighted by molar-refractivity contribution is 9.10. The van der Waals surface area contributed by atoms with Crippen molar-refractivity contribution in [2.75, 3.05) is 38.1 Å². The molecule has 1 heterocycles. The van der Waals surface area contributed by atoms with Gasteiger partial charge >= 0.3 is 0 Å². The summed E-state index contributed by atoms with van der Waals surface area (Å²) in [6, 6.07) is 15.0. The SMILES string of the molecule is CCNC(=O)c1cccc(NC(=O)CN2CCOC(c3ccc(Br)cc3)C2)c1. The van der Waals surface area contributed by atoms with Crippen LogP contribution in [0.2, 0.25) is 0 Å². The third-order valence-corrected chi connectivity index (χ3v) is 5.03. The van der Waals surface area contributed by atoms with Gasteiger partial charge < -0.3 is 15.4 Å². The molecule has 148 valence electrons. The Bertz CT molecular complexity index is 826. The fraction of sp³-hybridized carbons (Fsp3) is 0.333. The number of morpholine rings is 1. The summed E-state index contributed by atoms with van der Waals surface area (Å²) in [6.45, 7) is 4.66. The highest BCUT2D eigenvalue weighted by atomic mass is 79.9. The molecule has 2 aromatic rings. The largest absolute Gasteiger partial charge is 0.371 e. The highest BCUT2D eigenvalue weighted by Crippen LogP contribution is 2.23. The topological polar surface area (TPSA) is 70.7 Å². The number of halogens is 1. The Kier molecular flexibility index (Phi) is 7.19. The van der Waals surface area contributed by atoms with Crippen molar-refractivity contribution in [3.8, 4) is 0 Å². The third-order valence-electron chi connectivity index (χ3n) is 4.51. The van der Waals surface area contributed by atoms with Crippen molar-refractivity contribution in [2.45, 2.75) is 13.0 Å². The van der Waals surface area contributed by atoms with Crippen LogP contribution in [0, 0.1) is 0 Å². The van der Waals surface area contributed by atoms with Gasteiger partial charge in [-0.25, -0.2) is 0 Å². The fourth-order valence-electron chi connectivity index (χ4n) is 3.13. The van der Waals surface area contributed by atoms with Gasteiger partial charge in [-0.1, -0.05) is 34.1 Å². The van der Waals surface area contributed by atoms with E-state index in [1.807, 2.05) is 31.2 Å². The lowest BCUT2D eigenvalue weighted by atomic mass is 10.1. The molecule has 0 aliphatic carbocycles. The van der Waals surface area contributed by atoms with Crippen molar-refractivity contribution >= 4 is 33.4 Å². The van der Waals surface area contributed by atoms with Crippen LogP contribution in [0.3, 0.4) is 0 Å². The van der Waals surface area contributed by atoms with E-state index >= 15 is 0 Å². The molecule has 7 heteroatoms. The number of carbonyl (C=O) groups excluding carboxylic acids is 2. The number of hydrogen-bond acceptors (Lipinski definition) is 4. The number of anilines is 1. The summed E-state index contributed by atoms with van der Waals surface area (Å²) in [5.41, 5.74) is 2.25. The first kappa shape index (κ1) is 20.5. The minimum Gasteiger partial charge on any atom is -0.371 e. The second-order valence-corrected chi connectivity index (χ2v) is 7.55. The predicted molar refractivity (Wildman–Crippen MR) is 112 cm³/mol. The summed E-state index contributed by atoms with van der Waals surface area (Å²) >= 11 is 3.44. The van der Waals surface area contributed by atoms with Gasteiger partial charge in [0.25, 0.3) is 5.91 Å². The molecule has 2 N–H and O–H groups in total. The molecule has 0 bridgehead atoms. The zero-order chi connectivity index (χ0) is 19.9. The maximum Gasteiger partial charge on any atom is 0.251 e. The summed E-state index contributed by atoms with van der Waals surface area (Å²) in [6.07, 6.45) is -0.0456.